The number of nitrogens with one attached hydrogen (secondary N) is 2. The summed E-state index contributed by atoms with van der Waals surface area (Å²) < 4.78 is 10.2. The van der Waals surface area contributed by atoms with E-state index in [0.29, 0.717) is 31.4 Å². The van der Waals surface area contributed by atoms with Crippen molar-refractivity contribution in [2.24, 2.45) is 0 Å². The standard InChI is InChI=1S/C18H25ClN2O4/c1-2-25-17(23)20-10-7-16(22)21-13-18(8-11-24-12-9-18)14-3-5-15(19)6-4-14/h3-6H,2,7-13H2,1H3,(H,20,23)(H,21,22). The summed E-state index contributed by atoms with van der Waals surface area (Å²) in [7, 11) is 0. The van der Waals surface area contributed by atoms with Crippen LogP contribution in [0.4, 0.5) is 4.79 Å². The highest BCUT2D eigenvalue weighted by atomic mass is 35.5. The van der Waals surface area contributed by atoms with Crippen molar-refractivity contribution in [3.8, 4) is 0 Å². The van der Waals surface area contributed by atoms with Gasteiger partial charge in [0.25, 0.3) is 0 Å². The molecule has 6 nitrogen and oxygen atoms in total. The maximum atomic E-state index is 12.1. The van der Waals surface area contributed by atoms with Gasteiger partial charge in [0.1, 0.15) is 0 Å². The highest BCUT2D eigenvalue weighted by Gasteiger charge is 2.34. The lowest BCUT2D eigenvalue weighted by molar-refractivity contribution is -0.121. The topological polar surface area (TPSA) is 76.7 Å². The fraction of sp³-hybridized carbons (Fsp3) is 0.556. The molecule has 1 heterocycles. The summed E-state index contributed by atoms with van der Waals surface area (Å²) in [6.07, 6.45) is 1.40. The molecule has 0 unspecified atom stereocenters. The van der Waals surface area contributed by atoms with Crippen molar-refractivity contribution in [2.75, 3.05) is 32.9 Å². The van der Waals surface area contributed by atoms with Crippen molar-refractivity contribution < 1.29 is 19.1 Å². The lowest BCUT2D eigenvalue weighted by atomic mass is 9.74. The van der Waals surface area contributed by atoms with Crippen molar-refractivity contribution in [3.63, 3.8) is 0 Å². The maximum Gasteiger partial charge on any atom is 0.407 e. The van der Waals surface area contributed by atoms with Crippen molar-refractivity contribution in [1.29, 1.82) is 0 Å². The summed E-state index contributed by atoms with van der Waals surface area (Å²) in [5.41, 5.74) is 1.01. The van der Waals surface area contributed by atoms with E-state index in [9.17, 15) is 9.59 Å². The maximum absolute atomic E-state index is 12.1. The van der Waals surface area contributed by atoms with E-state index in [1.807, 2.05) is 24.3 Å². The Labute approximate surface area is 153 Å². The van der Waals surface area contributed by atoms with Crippen molar-refractivity contribution in [3.05, 3.63) is 34.9 Å². The molecule has 138 valence electrons. The Hall–Kier alpha value is -1.79. The van der Waals surface area contributed by atoms with Gasteiger partial charge in [0, 0.05) is 43.2 Å². The first-order chi connectivity index (χ1) is 12.1. The largest absolute Gasteiger partial charge is 0.450 e. The molecule has 1 aromatic carbocycles. The molecule has 0 saturated carbocycles. The Kier molecular flexibility index (Phi) is 7.52. The number of carbonyl (C=O) groups excluding carboxylic acids is 2. The van der Waals surface area contributed by atoms with Gasteiger partial charge in [-0.1, -0.05) is 23.7 Å². The van der Waals surface area contributed by atoms with Gasteiger partial charge in [0.15, 0.2) is 0 Å². The summed E-state index contributed by atoms with van der Waals surface area (Å²) >= 11 is 5.99. The molecule has 1 aromatic rings. The minimum Gasteiger partial charge on any atom is -0.450 e. The van der Waals surface area contributed by atoms with E-state index in [1.54, 1.807) is 6.92 Å². The van der Waals surface area contributed by atoms with Crippen LogP contribution in [0, 0.1) is 0 Å². The molecule has 1 fully saturated rings. The molecule has 1 aliphatic heterocycles. The summed E-state index contributed by atoms with van der Waals surface area (Å²) in [6.45, 7) is 4.17. The molecule has 25 heavy (non-hydrogen) atoms. The van der Waals surface area contributed by atoms with Gasteiger partial charge < -0.3 is 20.1 Å². The van der Waals surface area contributed by atoms with Crippen LogP contribution < -0.4 is 10.6 Å². The second kappa shape index (κ2) is 9.63. The van der Waals surface area contributed by atoms with Crippen LogP contribution in [0.1, 0.15) is 31.7 Å². The average molecular weight is 369 g/mol. The number of alkyl carbamates (subject to hydrolysis) is 1. The van der Waals surface area contributed by atoms with E-state index >= 15 is 0 Å². The predicted molar refractivity (Wildman–Crippen MR) is 95.8 cm³/mol. The second-order valence-electron chi connectivity index (χ2n) is 6.07. The minimum absolute atomic E-state index is 0.100. The number of carbonyl (C=O) groups is 2. The molecule has 7 heteroatoms. The third kappa shape index (κ3) is 5.90. The molecule has 0 atom stereocenters. The zero-order valence-electron chi connectivity index (χ0n) is 14.5. The number of halogens is 1. The van der Waals surface area contributed by atoms with E-state index in [1.165, 1.54) is 0 Å². The quantitative estimate of drug-likeness (QED) is 0.775. The smallest absolute Gasteiger partial charge is 0.407 e. The summed E-state index contributed by atoms with van der Waals surface area (Å²) in [5.74, 6) is -0.100. The van der Waals surface area contributed by atoms with Gasteiger partial charge in [-0.2, -0.15) is 0 Å². The lowest BCUT2D eigenvalue weighted by Crippen LogP contribution is -2.45. The Balaban J connectivity index is 1.88. The normalized spacial score (nSPS) is 16.1. The van der Waals surface area contributed by atoms with E-state index in [2.05, 4.69) is 10.6 Å². The summed E-state index contributed by atoms with van der Waals surface area (Å²) in [4.78, 5) is 23.3. The fourth-order valence-corrected chi connectivity index (χ4v) is 3.08. The Morgan fingerprint density at radius 3 is 2.52 bits per heavy atom. The number of ether oxygens (including phenoxy) is 2. The van der Waals surface area contributed by atoms with Gasteiger partial charge in [0.05, 0.1) is 6.61 Å². The first-order valence-corrected chi connectivity index (χ1v) is 8.95. The molecule has 1 saturated heterocycles. The molecule has 0 spiro atoms. The van der Waals surface area contributed by atoms with Crippen LogP contribution in [0.3, 0.4) is 0 Å². The molecule has 0 aliphatic carbocycles. The molecular formula is C18H25ClN2O4. The third-order valence-electron chi connectivity index (χ3n) is 4.43. The Morgan fingerprint density at radius 1 is 1.20 bits per heavy atom. The van der Waals surface area contributed by atoms with Crippen LogP contribution in [0.5, 0.6) is 0 Å². The first-order valence-electron chi connectivity index (χ1n) is 8.57. The van der Waals surface area contributed by atoms with Crippen molar-refractivity contribution in [2.45, 2.75) is 31.6 Å². The Morgan fingerprint density at radius 2 is 1.88 bits per heavy atom. The second-order valence-corrected chi connectivity index (χ2v) is 6.51. The SMILES string of the molecule is CCOC(=O)NCCC(=O)NCC1(c2ccc(Cl)cc2)CCOCC1. The van der Waals surface area contributed by atoms with Crippen LogP contribution >= 0.6 is 11.6 Å². The minimum atomic E-state index is -0.502. The molecule has 2 N–H and O–H groups in total. The van der Waals surface area contributed by atoms with Gasteiger partial charge in [-0.15, -0.1) is 0 Å². The highest BCUT2D eigenvalue weighted by molar-refractivity contribution is 6.30. The van der Waals surface area contributed by atoms with Crippen LogP contribution in [0.15, 0.2) is 24.3 Å². The summed E-state index contributed by atoms with van der Waals surface area (Å²) in [6, 6.07) is 7.78. The molecule has 0 aromatic heterocycles. The lowest BCUT2D eigenvalue weighted by Gasteiger charge is -2.38. The van der Waals surface area contributed by atoms with E-state index in [-0.39, 0.29) is 24.3 Å². The molecule has 0 radical (unpaired) electrons. The molecule has 1 aliphatic rings. The van der Waals surface area contributed by atoms with Crippen LogP contribution in [-0.2, 0) is 19.7 Å². The molecule has 2 amide bonds. The van der Waals surface area contributed by atoms with Gasteiger partial charge in [-0.3, -0.25) is 4.79 Å². The van der Waals surface area contributed by atoms with Gasteiger partial charge >= 0.3 is 6.09 Å². The van der Waals surface area contributed by atoms with Crippen LogP contribution in [-0.4, -0.2) is 44.9 Å². The van der Waals surface area contributed by atoms with Crippen LogP contribution in [0.25, 0.3) is 0 Å². The first kappa shape index (κ1) is 19.5. The van der Waals surface area contributed by atoms with Crippen molar-refractivity contribution >= 4 is 23.6 Å². The van der Waals surface area contributed by atoms with Crippen molar-refractivity contribution in [1.82, 2.24) is 10.6 Å². The average Bonchev–Trinajstić information content (AvgIpc) is 2.61. The monoisotopic (exact) mass is 368 g/mol. The van der Waals surface area contributed by atoms with Crippen LogP contribution in [0.2, 0.25) is 5.02 Å². The van der Waals surface area contributed by atoms with E-state index in [4.69, 9.17) is 21.1 Å². The number of benzene rings is 1. The van der Waals surface area contributed by atoms with Gasteiger partial charge in [-0.25, -0.2) is 4.79 Å². The fourth-order valence-electron chi connectivity index (χ4n) is 2.95. The number of hydrogen-bond donors (Lipinski definition) is 2. The number of rotatable bonds is 7. The third-order valence-corrected chi connectivity index (χ3v) is 4.68. The number of hydrogen-bond acceptors (Lipinski definition) is 4. The zero-order valence-corrected chi connectivity index (χ0v) is 15.2. The Bertz CT molecular complexity index is 571. The van der Waals surface area contributed by atoms with E-state index in [0.717, 1.165) is 18.4 Å². The van der Waals surface area contributed by atoms with Gasteiger partial charge in [0.2, 0.25) is 5.91 Å². The zero-order chi connectivity index (χ0) is 18.1. The molecular weight excluding hydrogens is 344 g/mol. The summed E-state index contributed by atoms with van der Waals surface area (Å²) in [5, 5.41) is 6.23. The molecule has 0 bridgehead atoms. The van der Waals surface area contributed by atoms with Gasteiger partial charge in [-0.05, 0) is 37.5 Å². The predicted octanol–water partition coefficient (Wildman–Crippen LogP) is 2.64. The number of amides is 2. The van der Waals surface area contributed by atoms with E-state index < -0.39 is 6.09 Å². The highest BCUT2D eigenvalue weighted by Crippen LogP contribution is 2.34. The molecule has 2 rings (SSSR count).